The number of nitrogens with two attached hydrogens (primary N) is 1. The second kappa shape index (κ2) is 6.24. The first-order valence-electron chi connectivity index (χ1n) is 4.86. The van der Waals surface area contributed by atoms with Gasteiger partial charge in [-0.3, -0.25) is 4.79 Å². The van der Waals surface area contributed by atoms with Gasteiger partial charge >= 0.3 is 5.97 Å². The lowest BCUT2D eigenvalue weighted by atomic mass is 10.3. The topological polar surface area (TPSA) is 78.6 Å². The summed E-state index contributed by atoms with van der Waals surface area (Å²) in [5.74, 6) is -0.805. The molecule has 6 heteroatoms. The Labute approximate surface area is 107 Å². The zero-order valence-electron chi connectivity index (χ0n) is 9.18. The van der Waals surface area contributed by atoms with E-state index in [4.69, 9.17) is 15.2 Å². The van der Waals surface area contributed by atoms with Crippen molar-refractivity contribution in [3.8, 4) is 5.75 Å². The molecule has 0 fully saturated rings. The molecule has 1 atom stereocenters. The fourth-order valence-electron chi connectivity index (χ4n) is 0.988. The third-order valence-corrected chi connectivity index (χ3v) is 2.35. The van der Waals surface area contributed by atoms with Gasteiger partial charge in [0.05, 0.1) is 0 Å². The van der Waals surface area contributed by atoms with Gasteiger partial charge in [0.2, 0.25) is 0 Å². The molecule has 1 amide bonds. The fraction of sp³-hybridized carbons (Fsp3) is 0.273. The molecule has 0 heterocycles. The van der Waals surface area contributed by atoms with Gasteiger partial charge in [-0.1, -0.05) is 22.0 Å². The van der Waals surface area contributed by atoms with E-state index in [2.05, 4.69) is 15.9 Å². The van der Waals surface area contributed by atoms with Crippen molar-refractivity contribution in [3.05, 3.63) is 28.7 Å². The lowest BCUT2D eigenvalue weighted by molar-refractivity contribution is -0.155. The van der Waals surface area contributed by atoms with Crippen LogP contribution in [0.1, 0.15) is 6.92 Å². The molecule has 2 N–H and O–H groups in total. The molecule has 0 saturated carbocycles. The molecule has 1 aromatic carbocycles. The standard InChI is InChI=1S/C11H12BrNO4/c1-7(11(13)15)17-10(14)6-16-9-4-2-3-8(12)5-9/h2-5,7H,6H2,1H3,(H2,13,15)/t7-/m1/s1. The summed E-state index contributed by atoms with van der Waals surface area (Å²) in [6, 6.07) is 7.03. The van der Waals surface area contributed by atoms with Gasteiger partial charge in [0.15, 0.2) is 12.7 Å². The summed E-state index contributed by atoms with van der Waals surface area (Å²) in [6.07, 6.45) is -0.950. The van der Waals surface area contributed by atoms with E-state index in [0.717, 1.165) is 4.47 Å². The molecule has 0 aliphatic rings. The summed E-state index contributed by atoms with van der Waals surface area (Å²) in [7, 11) is 0. The molecule has 17 heavy (non-hydrogen) atoms. The van der Waals surface area contributed by atoms with Gasteiger partial charge < -0.3 is 15.2 Å². The van der Waals surface area contributed by atoms with Crippen LogP contribution in [0.2, 0.25) is 0 Å². The van der Waals surface area contributed by atoms with Crippen LogP contribution in [-0.4, -0.2) is 24.6 Å². The predicted octanol–water partition coefficient (Wildman–Crippen LogP) is 1.24. The number of benzene rings is 1. The summed E-state index contributed by atoms with van der Waals surface area (Å²) in [5, 5.41) is 0. The number of halogens is 1. The lowest BCUT2D eigenvalue weighted by Gasteiger charge is -2.10. The van der Waals surface area contributed by atoms with Crippen molar-refractivity contribution in [1.82, 2.24) is 0 Å². The maximum atomic E-state index is 11.2. The van der Waals surface area contributed by atoms with Crippen LogP contribution >= 0.6 is 15.9 Å². The summed E-state index contributed by atoms with van der Waals surface area (Å²) in [5.41, 5.74) is 4.95. The number of carbonyl (C=O) groups is 2. The van der Waals surface area contributed by atoms with E-state index in [9.17, 15) is 9.59 Å². The van der Waals surface area contributed by atoms with Crippen molar-refractivity contribution in [2.45, 2.75) is 13.0 Å². The normalized spacial score (nSPS) is 11.6. The summed E-state index contributed by atoms with van der Waals surface area (Å²) >= 11 is 3.27. The van der Waals surface area contributed by atoms with Crippen LogP contribution in [0.15, 0.2) is 28.7 Å². The van der Waals surface area contributed by atoms with E-state index in [1.807, 2.05) is 6.07 Å². The highest BCUT2D eigenvalue weighted by molar-refractivity contribution is 9.10. The first kappa shape index (κ1) is 13.5. The molecular weight excluding hydrogens is 290 g/mol. The summed E-state index contributed by atoms with van der Waals surface area (Å²) in [6.45, 7) is 1.13. The largest absolute Gasteiger partial charge is 0.482 e. The Morgan fingerprint density at radius 3 is 2.76 bits per heavy atom. The Bertz CT molecular complexity index is 422. The quantitative estimate of drug-likeness (QED) is 0.830. The molecule has 0 spiro atoms. The van der Waals surface area contributed by atoms with Gasteiger partial charge in [0.1, 0.15) is 5.75 Å². The monoisotopic (exact) mass is 301 g/mol. The van der Waals surface area contributed by atoms with Gasteiger partial charge in [0, 0.05) is 4.47 Å². The number of hydrogen-bond acceptors (Lipinski definition) is 4. The van der Waals surface area contributed by atoms with Crippen LogP contribution in [0.25, 0.3) is 0 Å². The SMILES string of the molecule is C[C@@H](OC(=O)COc1cccc(Br)c1)C(N)=O. The van der Waals surface area contributed by atoms with E-state index >= 15 is 0 Å². The summed E-state index contributed by atoms with van der Waals surface area (Å²) in [4.78, 5) is 21.9. The number of esters is 1. The molecule has 0 aliphatic heterocycles. The molecule has 1 rings (SSSR count). The second-order valence-electron chi connectivity index (χ2n) is 3.28. The molecule has 0 unspecified atom stereocenters. The average Bonchev–Trinajstić information content (AvgIpc) is 2.26. The molecule has 0 aliphatic carbocycles. The van der Waals surface area contributed by atoms with E-state index in [1.165, 1.54) is 6.92 Å². The Kier molecular flexibility index (Phi) is 4.96. The Morgan fingerprint density at radius 1 is 1.47 bits per heavy atom. The highest BCUT2D eigenvalue weighted by Gasteiger charge is 2.14. The van der Waals surface area contributed by atoms with Gasteiger partial charge in [-0.15, -0.1) is 0 Å². The molecule has 0 aromatic heterocycles. The van der Waals surface area contributed by atoms with Crippen LogP contribution in [0.4, 0.5) is 0 Å². The number of amides is 1. The maximum Gasteiger partial charge on any atom is 0.344 e. The first-order chi connectivity index (χ1) is 7.99. The zero-order valence-corrected chi connectivity index (χ0v) is 10.8. The van der Waals surface area contributed by atoms with Crippen molar-refractivity contribution in [2.75, 3.05) is 6.61 Å². The molecular formula is C11H12BrNO4. The van der Waals surface area contributed by atoms with Crippen LogP contribution in [-0.2, 0) is 14.3 Å². The Hall–Kier alpha value is -1.56. The van der Waals surface area contributed by atoms with Crippen molar-refractivity contribution in [3.63, 3.8) is 0 Å². The average molecular weight is 302 g/mol. The minimum absolute atomic E-state index is 0.270. The van der Waals surface area contributed by atoms with Crippen molar-refractivity contribution in [1.29, 1.82) is 0 Å². The number of carbonyl (C=O) groups excluding carboxylic acids is 2. The number of ether oxygens (including phenoxy) is 2. The van der Waals surface area contributed by atoms with Gasteiger partial charge in [-0.05, 0) is 25.1 Å². The third-order valence-electron chi connectivity index (χ3n) is 1.86. The Morgan fingerprint density at radius 2 is 2.18 bits per heavy atom. The van der Waals surface area contributed by atoms with Gasteiger partial charge in [-0.2, -0.15) is 0 Å². The van der Waals surface area contributed by atoms with Crippen molar-refractivity contribution < 1.29 is 19.1 Å². The third kappa shape index (κ3) is 4.86. The van der Waals surface area contributed by atoms with Crippen LogP contribution < -0.4 is 10.5 Å². The van der Waals surface area contributed by atoms with E-state index in [-0.39, 0.29) is 6.61 Å². The number of rotatable bonds is 5. The molecule has 0 saturated heterocycles. The van der Waals surface area contributed by atoms with Crippen LogP contribution in [0.5, 0.6) is 5.75 Å². The molecule has 0 bridgehead atoms. The predicted molar refractivity (Wildman–Crippen MR) is 64.4 cm³/mol. The van der Waals surface area contributed by atoms with Crippen LogP contribution in [0.3, 0.4) is 0 Å². The fourth-order valence-corrected chi connectivity index (χ4v) is 1.37. The van der Waals surface area contributed by atoms with Gasteiger partial charge in [0.25, 0.3) is 5.91 Å². The number of primary amides is 1. The van der Waals surface area contributed by atoms with E-state index in [0.29, 0.717) is 5.75 Å². The van der Waals surface area contributed by atoms with Gasteiger partial charge in [-0.25, -0.2) is 4.79 Å². The van der Waals surface area contributed by atoms with E-state index in [1.54, 1.807) is 18.2 Å². The molecule has 92 valence electrons. The lowest BCUT2D eigenvalue weighted by Crippen LogP contribution is -2.32. The highest BCUT2D eigenvalue weighted by Crippen LogP contribution is 2.17. The summed E-state index contributed by atoms with van der Waals surface area (Å²) < 4.78 is 10.7. The maximum absolute atomic E-state index is 11.2. The highest BCUT2D eigenvalue weighted by atomic mass is 79.9. The molecule has 5 nitrogen and oxygen atoms in total. The van der Waals surface area contributed by atoms with Crippen molar-refractivity contribution >= 4 is 27.8 Å². The second-order valence-corrected chi connectivity index (χ2v) is 4.20. The smallest absolute Gasteiger partial charge is 0.344 e. The van der Waals surface area contributed by atoms with E-state index < -0.39 is 18.0 Å². The Balaban J connectivity index is 2.41. The first-order valence-corrected chi connectivity index (χ1v) is 5.65. The van der Waals surface area contributed by atoms with Crippen LogP contribution in [0, 0.1) is 0 Å². The minimum atomic E-state index is -0.950. The molecule has 1 aromatic rings. The number of hydrogen-bond donors (Lipinski definition) is 1. The molecule has 0 radical (unpaired) electrons. The zero-order chi connectivity index (χ0) is 12.8. The minimum Gasteiger partial charge on any atom is -0.482 e. The van der Waals surface area contributed by atoms with Crippen molar-refractivity contribution in [2.24, 2.45) is 5.73 Å².